The van der Waals surface area contributed by atoms with Gasteiger partial charge in [0, 0.05) is 18.1 Å². The van der Waals surface area contributed by atoms with Gasteiger partial charge in [0.05, 0.1) is 5.69 Å². The van der Waals surface area contributed by atoms with E-state index in [1.807, 2.05) is 0 Å². The van der Waals surface area contributed by atoms with Gasteiger partial charge in [-0.3, -0.25) is 4.98 Å². The van der Waals surface area contributed by atoms with E-state index >= 15 is 0 Å². The first-order chi connectivity index (χ1) is 8.58. The highest BCUT2D eigenvalue weighted by atomic mass is 19.1. The molecule has 0 unspecified atom stereocenters. The first-order valence-electron chi connectivity index (χ1n) is 5.28. The zero-order valence-corrected chi connectivity index (χ0v) is 9.64. The van der Waals surface area contributed by atoms with Crippen LogP contribution in [-0.2, 0) is 0 Å². The standard InChI is InChI=1S/C13H11FN2O2/c1-8-2-3-9(6-11(8)14)16-12-4-5-15-7-10(12)13(17)18/h2-7H,1H3,(H,15,16)(H,17,18). The van der Waals surface area contributed by atoms with Crippen LogP contribution in [-0.4, -0.2) is 16.1 Å². The molecule has 0 saturated heterocycles. The van der Waals surface area contributed by atoms with Crippen molar-refractivity contribution in [2.75, 3.05) is 5.32 Å². The molecule has 1 heterocycles. The normalized spacial score (nSPS) is 10.1. The van der Waals surface area contributed by atoms with Gasteiger partial charge in [-0.2, -0.15) is 0 Å². The lowest BCUT2D eigenvalue weighted by Gasteiger charge is -2.09. The van der Waals surface area contributed by atoms with Gasteiger partial charge in [-0.25, -0.2) is 9.18 Å². The van der Waals surface area contributed by atoms with E-state index in [1.54, 1.807) is 19.1 Å². The van der Waals surface area contributed by atoms with Crippen molar-refractivity contribution < 1.29 is 14.3 Å². The minimum absolute atomic E-state index is 0.0403. The number of hydrogen-bond acceptors (Lipinski definition) is 3. The van der Waals surface area contributed by atoms with Crippen molar-refractivity contribution in [1.29, 1.82) is 0 Å². The Balaban J connectivity index is 2.34. The number of carbonyl (C=O) groups is 1. The Labute approximate surface area is 103 Å². The zero-order valence-electron chi connectivity index (χ0n) is 9.64. The number of benzene rings is 1. The summed E-state index contributed by atoms with van der Waals surface area (Å²) >= 11 is 0. The summed E-state index contributed by atoms with van der Waals surface area (Å²) in [6.07, 6.45) is 2.72. The highest BCUT2D eigenvalue weighted by Crippen LogP contribution is 2.21. The predicted molar refractivity (Wildman–Crippen MR) is 65.6 cm³/mol. The quantitative estimate of drug-likeness (QED) is 0.874. The topological polar surface area (TPSA) is 62.2 Å². The minimum Gasteiger partial charge on any atom is -0.478 e. The number of nitrogens with one attached hydrogen (secondary N) is 1. The molecule has 0 aliphatic rings. The third-order valence-electron chi connectivity index (χ3n) is 2.50. The molecule has 2 N–H and O–H groups in total. The van der Waals surface area contributed by atoms with E-state index in [9.17, 15) is 9.18 Å². The van der Waals surface area contributed by atoms with E-state index in [2.05, 4.69) is 10.3 Å². The molecule has 0 atom stereocenters. The van der Waals surface area contributed by atoms with Crippen molar-refractivity contribution in [3.63, 3.8) is 0 Å². The molecule has 2 rings (SSSR count). The molecule has 4 nitrogen and oxygen atoms in total. The van der Waals surface area contributed by atoms with Crippen molar-refractivity contribution >= 4 is 17.3 Å². The van der Waals surface area contributed by atoms with Crippen LogP contribution in [0.5, 0.6) is 0 Å². The van der Waals surface area contributed by atoms with Gasteiger partial charge in [-0.1, -0.05) is 6.07 Å². The highest BCUT2D eigenvalue weighted by molar-refractivity contribution is 5.94. The van der Waals surface area contributed by atoms with Gasteiger partial charge in [0.1, 0.15) is 11.4 Å². The number of aromatic carboxylic acids is 1. The smallest absolute Gasteiger partial charge is 0.339 e. The molecule has 1 aromatic carbocycles. The van der Waals surface area contributed by atoms with E-state index in [4.69, 9.17) is 5.11 Å². The number of rotatable bonds is 3. The van der Waals surface area contributed by atoms with E-state index in [1.165, 1.54) is 24.5 Å². The Hall–Kier alpha value is -2.43. The number of aryl methyl sites for hydroxylation is 1. The van der Waals surface area contributed by atoms with Crippen molar-refractivity contribution in [3.05, 3.63) is 53.6 Å². The van der Waals surface area contributed by atoms with Crippen molar-refractivity contribution in [2.45, 2.75) is 6.92 Å². The number of pyridine rings is 1. The van der Waals surface area contributed by atoms with Crippen LogP contribution in [0.1, 0.15) is 15.9 Å². The van der Waals surface area contributed by atoms with Crippen molar-refractivity contribution in [2.24, 2.45) is 0 Å². The summed E-state index contributed by atoms with van der Waals surface area (Å²) in [4.78, 5) is 14.7. The second kappa shape index (κ2) is 4.83. The minimum atomic E-state index is -1.09. The maximum Gasteiger partial charge on any atom is 0.339 e. The summed E-state index contributed by atoms with van der Waals surface area (Å²) in [5.41, 5.74) is 1.44. The molecule has 0 bridgehead atoms. The van der Waals surface area contributed by atoms with Crippen LogP contribution in [0.25, 0.3) is 0 Å². The molecule has 0 radical (unpaired) electrons. The molecular formula is C13H11FN2O2. The van der Waals surface area contributed by atoms with Gasteiger partial charge in [0.25, 0.3) is 0 Å². The predicted octanol–water partition coefficient (Wildman–Crippen LogP) is 2.97. The number of hydrogen-bond donors (Lipinski definition) is 2. The van der Waals surface area contributed by atoms with Crippen LogP contribution < -0.4 is 5.32 Å². The van der Waals surface area contributed by atoms with Gasteiger partial charge in [0.15, 0.2) is 0 Å². The number of carboxylic acids is 1. The van der Waals surface area contributed by atoms with Crippen LogP contribution >= 0.6 is 0 Å². The Bertz CT molecular complexity index is 599. The Kier molecular flexibility index (Phi) is 3.23. The molecule has 0 aliphatic carbocycles. The number of carboxylic acid groups (broad SMARTS) is 1. The molecule has 0 amide bonds. The van der Waals surface area contributed by atoms with E-state index in [0.717, 1.165) is 0 Å². The molecular weight excluding hydrogens is 235 g/mol. The third-order valence-corrected chi connectivity index (χ3v) is 2.50. The average Bonchev–Trinajstić information content (AvgIpc) is 2.34. The molecule has 0 spiro atoms. The first-order valence-corrected chi connectivity index (χ1v) is 5.28. The molecule has 92 valence electrons. The van der Waals surface area contributed by atoms with Gasteiger partial charge < -0.3 is 10.4 Å². The molecule has 2 aromatic rings. The lowest BCUT2D eigenvalue weighted by molar-refractivity contribution is 0.0697. The van der Waals surface area contributed by atoms with Gasteiger partial charge in [-0.15, -0.1) is 0 Å². The fourth-order valence-electron chi connectivity index (χ4n) is 1.50. The van der Waals surface area contributed by atoms with Gasteiger partial charge in [0.2, 0.25) is 0 Å². The second-order valence-electron chi connectivity index (χ2n) is 3.82. The summed E-state index contributed by atoms with van der Waals surface area (Å²) in [6.45, 7) is 1.66. The molecule has 0 saturated carbocycles. The maximum atomic E-state index is 13.4. The van der Waals surface area contributed by atoms with Crippen LogP contribution in [0.3, 0.4) is 0 Å². The molecule has 5 heteroatoms. The number of nitrogens with zero attached hydrogens (tertiary/aromatic N) is 1. The highest BCUT2D eigenvalue weighted by Gasteiger charge is 2.10. The summed E-state index contributed by atoms with van der Waals surface area (Å²) < 4.78 is 13.4. The Morgan fingerprint density at radius 2 is 2.17 bits per heavy atom. The van der Waals surface area contributed by atoms with Gasteiger partial charge in [-0.05, 0) is 30.7 Å². The average molecular weight is 246 g/mol. The summed E-state index contributed by atoms with van der Waals surface area (Å²) in [5.74, 6) is -1.43. The number of halogens is 1. The van der Waals surface area contributed by atoms with Crippen LogP contribution in [0, 0.1) is 12.7 Å². The molecule has 18 heavy (non-hydrogen) atoms. The summed E-state index contributed by atoms with van der Waals surface area (Å²) in [6, 6.07) is 6.16. The summed E-state index contributed by atoms with van der Waals surface area (Å²) in [7, 11) is 0. The molecule has 0 fully saturated rings. The zero-order chi connectivity index (χ0) is 13.1. The van der Waals surface area contributed by atoms with Crippen LogP contribution in [0.15, 0.2) is 36.7 Å². The lowest BCUT2D eigenvalue weighted by atomic mass is 10.2. The number of anilines is 2. The first kappa shape index (κ1) is 12.0. The largest absolute Gasteiger partial charge is 0.478 e. The van der Waals surface area contributed by atoms with Crippen molar-refractivity contribution in [3.8, 4) is 0 Å². The summed E-state index contributed by atoms with van der Waals surface area (Å²) in [5, 5.41) is 11.8. The number of aromatic nitrogens is 1. The van der Waals surface area contributed by atoms with Gasteiger partial charge >= 0.3 is 5.97 Å². The Morgan fingerprint density at radius 1 is 1.39 bits per heavy atom. The van der Waals surface area contributed by atoms with Crippen LogP contribution in [0.2, 0.25) is 0 Å². The van der Waals surface area contributed by atoms with Crippen molar-refractivity contribution in [1.82, 2.24) is 4.98 Å². The Morgan fingerprint density at radius 3 is 2.83 bits per heavy atom. The SMILES string of the molecule is Cc1ccc(Nc2ccncc2C(=O)O)cc1F. The fourth-order valence-corrected chi connectivity index (χ4v) is 1.50. The monoisotopic (exact) mass is 246 g/mol. The fraction of sp³-hybridized carbons (Fsp3) is 0.0769. The van der Waals surface area contributed by atoms with E-state index < -0.39 is 5.97 Å². The van der Waals surface area contributed by atoms with E-state index in [-0.39, 0.29) is 11.4 Å². The second-order valence-corrected chi connectivity index (χ2v) is 3.82. The third kappa shape index (κ3) is 2.45. The van der Waals surface area contributed by atoms with E-state index in [0.29, 0.717) is 16.9 Å². The molecule has 0 aliphatic heterocycles. The molecule has 1 aromatic heterocycles. The lowest BCUT2D eigenvalue weighted by Crippen LogP contribution is -2.03. The maximum absolute atomic E-state index is 13.4. The van der Waals surface area contributed by atoms with Crippen LogP contribution in [0.4, 0.5) is 15.8 Å².